The van der Waals surface area contributed by atoms with Gasteiger partial charge in [-0.15, -0.1) is 12.4 Å². The summed E-state index contributed by atoms with van der Waals surface area (Å²) in [4.78, 5) is 43.3. The van der Waals surface area contributed by atoms with E-state index in [1.807, 2.05) is 5.32 Å². The van der Waals surface area contributed by atoms with Crippen molar-refractivity contribution in [2.75, 3.05) is 39.3 Å². The van der Waals surface area contributed by atoms with Gasteiger partial charge in [-0.3, -0.25) is 14.4 Å². The summed E-state index contributed by atoms with van der Waals surface area (Å²) >= 11 is 0. The minimum absolute atomic E-state index is 0. The van der Waals surface area contributed by atoms with Crippen molar-refractivity contribution in [2.24, 2.45) is 5.92 Å². The number of hydrogen-bond donors (Lipinski definition) is 3. The van der Waals surface area contributed by atoms with Crippen molar-refractivity contribution in [1.82, 2.24) is 20.4 Å². The molecule has 3 N–H and O–H groups in total. The third kappa shape index (κ3) is 9.71. The van der Waals surface area contributed by atoms with E-state index >= 15 is 0 Å². The third-order valence-electron chi connectivity index (χ3n) is 9.35. The first-order valence-corrected chi connectivity index (χ1v) is 16.1. The van der Waals surface area contributed by atoms with Crippen molar-refractivity contribution in [3.05, 3.63) is 29.8 Å². The van der Waals surface area contributed by atoms with E-state index in [1.54, 1.807) is 17.0 Å². The number of carbonyl (C=O) groups is 3. The van der Waals surface area contributed by atoms with Gasteiger partial charge in [0.05, 0.1) is 12.7 Å². The number of halogens is 4. The van der Waals surface area contributed by atoms with Gasteiger partial charge >= 0.3 is 6.18 Å². The van der Waals surface area contributed by atoms with Crippen molar-refractivity contribution < 1.29 is 37.4 Å². The van der Waals surface area contributed by atoms with Crippen LogP contribution in [0.5, 0.6) is 5.75 Å². The number of hydrogen-bond acceptors (Lipinski definition) is 6. The first kappa shape index (κ1) is 36.9. The Bertz CT molecular complexity index is 1110. The number of piperidine rings is 1. The van der Waals surface area contributed by atoms with Gasteiger partial charge in [0.2, 0.25) is 11.8 Å². The molecule has 0 bridgehead atoms. The van der Waals surface area contributed by atoms with E-state index in [4.69, 9.17) is 4.74 Å². The lowest BCUT2D eigenvalue weighted by Crippen LogP contribution is -2.75. The third-order valence-corrected chi connectivity index (χ3v) is 9.35. The number of likely N-dealkylation sites (tertiary alicyclic amines) is 1. The maximum Gasteiger partial charge on any atom is 0.405 e. The second-order valence-corrected chi connectivity index (χ2v) is 12.4. The van der Waals surface area contributed by atoms with Crippen molar-refractivity contribution in [3.8, 4) is 5.75 Å². The second-order valence-electron chi connectivity index (χ2n) is 12.4. The predicted molar refractivity (Wildman–Crippen MR) is 166 cm³/mol. The lowest BCUT2D eigenvalue weighted by molar-refractivity contribution is -0.165. The van der Waals surface area contributed by atoms with Gasteiger partial charge in [-0.2, -0.15) is 13.2 Å². The molecular formula is C32H48ClF3N4O5. The molecule has 2 atom stereocenters. The number of benzene rings is 1. The highest BCUT2D eigenvalue weighted by Gasteiger charge is 2.55. The Morgan fingerprint density at radius 3 is 2.36 bits per heavy atom. The molecule has 1 spiro atoms. The van der Waals surface area contributed by atoms with Crippen LogP contribution in [0.2, 0.25) is 0 Å². The monoisotopic (exact) mass is 660 g/mol. The van der Waals surface area contributed by atoms with Crippen molar-refractivity contribution in [1.29, 1.82) is 0 Å². The Kier molecular flexibility index (Phi) is 13.8. The molecule has 45 heavy (non-hydrogen) atoms. The zero-order valence-electron chi connectivity index (χ0n) is 26.1. The molecule has 1 aliphatic carbocycles. The zero-order valence-corrected chi connectivity index (χ0v) is 26.9. The minimum Gasteiger partial charge on any atom is -0.494 e. The molecule has 4 rings (SSSR count). The number of rotatable bonds is 13. The average molecular weight is 661 g/mol. The van der Waals surface area contributed by atoms with Crippen LogP contribution in [-0.4, -0.2) is 95.8 Å². The van der Waals surface area contributed by atoms with Crippen LogP contribution in [0.15, 0.2) is 24.3 Å². The average Bonchev–Trinajstić information content (AvgIpc) is 3.02. The smallest absolute Gasteiger partial charge is 0.405 e. The normalized spacial score (nSPS) is 21.6. The van der Waals surface area contributed by atoms with Gasteiger partial charge in [-0.1, -0.05) is 32.6 Å². The molecule has 9 nitrogen and oxygen atoms in total. The molecule has 2 heterocycles. The molecule has 0 aromatic heterocycles. The Balaban J connectivity index is 0.00000552. The molecule has 1 saturated carbocycles. The van der Waals surface area contributed by atoms with Gasteiger partial charge in [0, 0.05) is 25.2 Å². The quantitative estimate of drug-likeness (QED) is 0.270. The summed E-state index contributed by atoms with van der Waals surface area (Å²) in [6.07, 6.45) is 4.18. The summed E-state index contributed by atoms with van der Waals surface area (Å²) in [5.41, 5.74) is -0.744. The number of nitrogens with zero attached hydrogens (tertiary/aromatic N) is 2. The van der Waals surface area contributed by atoms with Crippen LogP contribution in [0.25, 0.3) is 0 Å². The van der Waals surface area contributed by atoms with E-state index in [2.05, 4.69) is 17.1 Å². The summed E-state index contributed by atoms with van der Waals surface area (Å²) in [5, 5.41) is 15.9. The molecule has 2 saturated heterocycles. The maximum absolute atomic E-state index is 13.8. The van der Waals surface area contributed by atoms with Crippen molar-refractivity contribution in [2.45, 2.75) is 101 Å². The van der Waals surface area contributed by atoms with E-state index in [9.17, 15) is 32.7 Å². The van der Waals surface area contributed by atoms with E-state index in [-0.39, 0.29) is 35.7 Å². The Morgan fingerprint density at radius 2 is 1.73 bits per heavy atom. The maximum atomic E-state index is 13.8. The van der Waals surface area contributed by atoms with E-state index in [0.29, 0.717) is 44.8 Å². The van der Waals surface area contributed by atoms with Crippen LogP contribution in [0, 0.1) is 5.92 Å². The lowest BCUT2D eigenvalue weighted by Gasteiger charge is -2.52. The fourth-order valence-corrected chi connectivity index (χ4v) is 6.71. The van der Waals surface area contributed by atoms with E-state index < -0.39 is 36.3 Å². The van der Waals surface area contributed by atoms with Crippen LogP contribution in [0.3, 0.4) is 0 Å². The molecule has 1 aromatic rings. The molecule has 13 heteroatoms. The summed E-state index contributed by atoms with van der Waals surface area (Å²) < 4.78 is 42.6. The number of ether oxygens (including phenoxy) is 1. The topological polar surface area (TPSA) is 111 Å². The number of amides is 3. The molecule has 3 fully saturated rings. The summed E-state index contributed by atoms with van der Waals surface area (Å²) in [5.74, 6) is -0.494. The lowest BCUT2D eigenvalue weighted by atomic mass is 9.78. The van der Waals surface area contributed by atoms with Gasteiger partial charge < -0.3 is 30.3 Å². The fourth-order valence-electron chi connectivity index (χ4n) is 6.71. The molecule has 3 aliphatic rings. The van der Waals surface area contributed by atoms with E-state index in [0.717, 1.165) is 64.3 Å². The fraction of sp³-hybridized carbons (Fsp3) is 0.719. The van der Waals surface area contributed by atoms with Crippen LogP contribution in [0.1, 0.15) is 87.9 Å². The highest BCUT2D eigenvalue weighted by Crippen LogP contribution is 2.36. The number of carbonyl (C=O) groups excluding carboxylic acids is 3. The Morgan fingerprint density at radius 1 is 1.07 bits per heavy atom. The van der Waals surface area contributed by atoms with Gasteiger partial charge in [-0.25, -0.2) is 0 Å². The molecule has 0 radical (unpaired) electrons. The van der Waals surface area contributed by atoms with Gasteiger partial charge in [0.25, 0.3) is 5.91 Å². The van der Waals surface area contributed by atoms with E-state index in [1.165, 1.54) is 12.1 Å². The molecule has 3 amide bonds. The number of alkyl halides is 3. The number of aliphatic hydroxyl groups excluding tert-OH is 1. The SMILES string of the molecule is CCCCN1C(=O)[C@@H]([C@H](O)C2CCCCC2)NC(=O)C12CCN(CCCCOc1ccc(C(=O)NCC(F)(F)F)cc1)CC2.Cl. The van der Waals surface area contributed by atoms with Crippen molar-refractivity contribution >= 4 is 30.1 Å². The molecule has 2 aliphatic heterocycles. The molecular weight excluding hydrogens is 613 g/mol. The largest absolute Gasteiger partial charge is 0.494 e. The standard InChI is InChI=1S/C32H47F3N4O5.ClH/c1-2-3-18-39-29(42)26(27(40)23-9-5-4-6-10-23)37-30(43)31(39)15-19-38(20-16-31)17-7-8-21-44-25-13-11-24(12-14-25)28(41)36-22-32(33,34)35;/h11-14,23,26-27,40H,2-10,15-22H2,1H3,(H,36,41)(H,37,43);1H/t26-,27-;/m1./s1. The second kappa shape index (κ2) is 16.8. The van der Waals surface area contributed by atoms with Crippen molar-refractivity contribution in [3.63, 3.8) is 0 Å². The molecule has 0 unspecified atom stereocenters. The highest BCUT2D eigenvalue weighted by atomic mass is 35.5. The summed E-state index contributed by atoms with van der Waals surface area (Å²) in [7, 11) is 0. The molecule has 254 valence electrons. The zero-order chi connectivity index (χ0) is 31.7. The number of piperazine rings is 1. The van der Waals surface area contributed by atoms with Gasteiger partial charge in [0.15, 0.2) is 0 Å². The molecule has 1 aromatic carbocycles. The Labute approximate surface area is 270 Å². The van der Waals surface area contributed by atoms with Gasteiger partial charge in [0.1, 0.15) is 23.9 Å². The first-order valence-electron chi connectivity index (χ1n) is 16.1. The number of nitrogens with one attached hydrogen (secondary N) is 2. The van der Waals surface area contributed by atoms with Crippen LogP contribution in [-0.2, 0) is 9.59 Å². The minimum atomic E-state index is -4.46. The van der Waals surface area contributed by atoms with Gasteiger partial charge in [-0.05, 0) is 81.7 Å². The number of aliphatic hydroxyl groups is 1. The highest BCUT2D eigenvalue weighted by molar-refractivity contribution is 6.00. The predicted octanol–water partition coefficient (Wildman–Crippen LogP) is 4.46. The first-order chi connectivity index (χ1) is 21.0. The summed E-state index contributed by atoms with van der Waals surface area (Å²) in [6.45, 7) is 3.87. The van der Waals surface area contributed by atoms with Crippen LogP contribution >= 0.6 is 12.4 Å². The van der Waals surface area contributed by atoms with Crippen LogP contribution in [0.4, 0.5) is 13.2 Å². The number of unbranched alkanes of at least 4 members (excludes halogenated alkanes) is 2. The van der Waals surface area contributed by atoms with Crippen LogP contribution < -0.4 is 15.4 Å². The summed E-state index contributed by atoms with van der Waals surface area (Å²) in [6, 6.07) is 5.12. The Hall–Kier alpha value is -2.57.